The molecule has 1 aliphatic rings. The average molecular weight is 362 g/mol. The number of carbonyl (C=O) groups excluding carboxylic acids is 2. The molecule has 2 amide bonds. The number of aryl methyl sites for hydroxylation is 1. The lowest BCUT2D eigenvalue weighted by molar-refractivity contribution is -0.137. The Bertz CT molecular complexity index is 862. The van der Waals surface area contributed by atoms with Crippen molar-refractivity contribution >= 4 is 23.2 Å². The molecule has 1 saturated heterocycles. The van der Waals surface area contributed by atoms with Crippen LogP contribution >= 0.6 is 0 Å². The van der Waals surface area contributed by atoms with Crippen molar-refractivity contribution in [2.75, 3.05) is 16.8 Å². The molecular formula is C19H17F3N2O2. The van der Waals surface area contributed by atoms with Crippen LogP contribution in [0.25, 0.3) is 0 Å². The number of anilines is 2. The molecule has 1 heterocycles. The molecule has 0 saturated carbocycles. The Hall–Kier alpha value is -2.83. The Morgan fingerprint density at radius 1 is 1.15 bits per heavy atom. The first-order chi connectivity index (χ1) is 12.3. The Kier molecular flexibility index (Phi) is 4.71. The minimum atomic E-state index is -4.61. The molecule has 1 fully saturated rings. The number of hydrogen-bond donors (Lipinski definition) is 1. The fourth-order valence-electron chi connectivity index (χ4n) is 3.07. The molecule has 0 spiro atoms. The summed E-state index contributed by atoms with van der Waals surface area (Å²) in [6.45, 7) is 2.44. The first-order valence-corrected chi connectivity index (χ1v) is 8.16. The maximum Gasteiger partial charge on any atom is 0.417 e. The topological polar surface area (TPSA) is 49.4 Å². The van der Waals surface area contributed by atoms with E-state index in [-0.39, 0.29) is 5.91 Å². The average Bonchev–Trinajstić information content (AvgIpc) is 3.00. The van der Waals surface area contributed by atoms with Crippen LogP contribution in [0.3, 0.4) is 0 Å². The van der Waals surface area contributed by atoms with Crippen LogP contribution in [0, 0.1) is 6.92 Å². The van der Waals surface area contributed by atoms with Gasteiger partial charge in [0.2, 0.25) is 5.91 Å². The molecule has 0 aromatic heterocycles. The van der Waals surface area contributed by atoms with Crippen molar-refractivity contribution in [1.82, 2.24) is 0 Å². The van der Waals surface area contributed by atoms with Gasteiger partial charge in [-0.15, -0.1) is 0 Å². The number of alkyl halides is 3. The molecule has 0 unspecified atom stereocenters. The number of carbonyl (C=O) groups is 2. The Balaban J connectivity index is 1.83. The summed E-state index contributed by atoms with van der Waals surface area (Å²) < 4.78 is 39.2. The molecule has 2 aromatic carbocycles. The predicted octanol–water partition coefficient (Wildman–Crippen LogP) is 4.39. The van der Waals surface area contributed by atoms with Gasteiger partial charge in [0.25, 0.3) is 5.91 Å². The third-order valence-corrected chi connectivity index (χ3v) is 4.30. The van der Waals surface area contributed by atoms with Gasteiger partial charge in [0.15, 0.2) is 0 Å². The van der Waals surface area contributed by atoms with Gasteiger partial charge in [-0.2, -0.15) is 13.2 Å². The lowest BCUT2D eigenvalue weighted by atomic mass is 10.1. The van der Waals surface area contributed by atoms with E-state index in [2.05, 4.69) is 5.32 Å². The zero-order valence-electron chi connectivity index (χ0n) is 14.1. The van der Waals surface area contributed by atoms with Crippen LogP contribution in [0.2, 0.25) is 0 Å². The van der Waals surface area contributed by atoms with Gasteiger partial charge < -0.3 is 10.2 Å². The minimum Gasteiger partial charge on any atom is -0.322 e. The van der Waals surface area contributed by atoms with E-state index >= 15 is 0 Å². The molecule has 3 rings (SSSR count). The summed E-state index contributed by atoms with van der Waals surface area (Å²) in [7, 11) is 0. The third kappa shape index (κ3) is 3.56. The fourth-order valence-corrected chi connectivity index (χ4v) is 3.07. The Morgan fingerprint density at radius 2 is 1.88 bits per heavy atom. The van der Waals surface area contributed by atoms with E-state index in [1.54, 1.807) is 30.0 Å². The summed E-state index contributed by atoms with van der Waals surface area (Å²) >= 11 is 0. The van der Waals surface area contributed by atoms with Gasteiger partial charge in [0.1, 0.15) is 0 Å². The van der Waals surface area contributed by atoms with E-state index in [0.29, 0.717) is 18.7 Å². The quantitative estimate of drug-likeness (QED) is 0.880. The number of hydrogen-bond acceptors (Lipinski definition) is 2. The molecule has 0 aliphatic carbocycles. The van der Waals surface area contributed by atoms with Gasteiger partial charge in [-0.25, -0.2) is 0 Å². The van der Waals surface area contributed by atoms with Crippen molar-refractivity contribution in [3.8, 4) is 0 Å². The highest BCUT2D eigenvalue weighted by atomic mass is 19.4. The van der Waals surface area contributed by atoms with Crippen LogP contribution in [0.15, 0.2) is 42.5 Å². The SMILES string of the molecule is Cc1cc(NC(=O)c2ccccc2C(F)(F)F)ccc1N1CCCC1=O. The van der Waals surface area contributed by atoms with Gasteiger partial charge >= 0.3 is 6.18 Å². The number of nitrogens with zero attached hydrogens (tertiary/aromatic N) is 1. The summed E-state index contributed by atoms with van der Waals surface area (Å²) in [6, 6.07) is 9.58. The smallest absolute Gasteiger partial charge is 0.322 e. The van der Waals surface area contributed by atoms with Crippen molar-refractivity contribution in [1.29, 1.82) is 0 Å². The molecule has 26 heavy (non-hydrogen) atoms. The van der Waals surface area contributed by atoms with E-state index in [9.17, 15) is 22.8 Å². The van der Waals surface area contributed by atoms with Crippen molar-refractivity contribution in [3.05, 3.63) is 59.2 Å². The number of halogens is 3. The molecule has 1 N–H and O–H groups in total. The lowest BCUT2D eigenvalue weighted by Gasteiger charge is -2.19. The van der Waals surface area contributed by atoms with Crippen LogP contribution in [-0.2, 0) is 11.0 Å². The van der Waals surface area contributed by atoms with Crippen molar-refractivity contribution in [2.45, 2.75) is 25.9 Å². The zero-order chi connectivity index (χ0) is 18.9. The second kappa shape index (κ2) is 6.82. The Labute approximate surface area is 148 Å². The summed E-state index contributed by atoms with van der Waals surface area (Å²) in [5, 5.41) is 2.50. The second-order valence-electron chi connectivity index (χ2n) is 6.15. The normalized spacial score (nSPS) is 14.6. The Morgan fingerprint density at radius 3 is 2.50 bits per heavy atom. The summed E-state index contributed by atoms with van der Waals surface area (Å²) in [6.07, 6.45) is -3.30. The monoisotopic (exact) mass is 362 g/mol. The molecule has 1 aliphatic heterocycles. The second-order valence-corrected chi connectivity index (χ2v) is 6.15. The van der Waals surface area contributed by atoms with Gasteiger partial charge in [-0.05, 0) is 49.2 Å². The first-order valence-electron chi connectivity index (χ1n) is 8.16. The van der Waals surface area contributed by atoms with Crippen molar-refractivity contribution in [2.24, 2.45) is 0 Å². The molecule has 4 nitrogen and oxygen atoms in total. The predicted molar refractivity (Wildman–Crippen MR) is 92.2 cm³/mol. The van der Waals surface area contributed by atoms with Crippen LogP contribution in [0.1, 0.15) is 34.3 Å². The van der Waals surface area contributed by atoms with Gasteiger partial charge in [0, 0.05) is 24.3 Å². The highest BCUT2D eigenvalue weighted by Crippen LogP contribution is 2.32. The molecule has 7 heteroatoms. The van der Waals surface area contributed by atoms with E-state index in [1.165, 1.54) is 12.1 Å². The van der Waals surface area contributed by atoms with E-state index in [1.807, 2.05) is 0 Å². The van der Waals surface area contributed by atoms with E-state index in [4.69, 9.17) is 0 Å². The maximum absolute atomic E-state index is 13.1. The van der Waals surface area contributed by atoms with Gasteiger partial charge in [-0.3, -0.25) is 9.59 Å². The van der Waals surface area contributed by atoms with Crippen LogP contribution in [0.5, 0.6) is 0 Å². The standard InChI is InChI=1S/C19H17F3N2O2/c1-12-11-13(8-9-16(12)24-10-4-7-17(24)25)23-18(26)14-5-2-3-6-15(14)19(20,21)22/h2-3,5-6,8-9,11H,4,7,10H2,1H3,(H,23,26). The maximum atomic E-state index is 13.1. The number of amides is 2. The van der Waals surface area contributed by atoms with Crippen molar-refractivity contribution < 1.29 is 22.8 Å². The highest BCUT2D eigenvalue weighted by Gasteiger charge is 2.34. The zero-order valence-corrected chi connectivity index (χ0v) is 14.1. The van der Waals surface area contributed by atoms with Crippen LogP contribution in [0.4, 0.5) is 24.5 Å². The molecule has 0 radical (unpaired) electrons. The molecular weight excluding hydrogens is 345 g/mol. The van der Waals surface area contributed by atoms with E-state index in [0.717, 1.165) is 29.8 Å². The lowest BCUT2D eigenvalue weighted by Crippen LogP contribution is -2.24. The minimum absolute atomic E-state index is 0.0454. The third-order valence-electron chi connectivity index (χ3n) is 4.30. The molecule has 0 atom stereocenters. The van der Waals surface area contributed by atoms with Gasteiger partial charge in [-0.1, -0.05) is 12.1 Å². The summed E-state index contributed by atoms with van der Waals surface area (Å²) in [4.78, 5) is 25.8. The first kappa shape index (κ1) is 18.0. The van der Waals surface area contributed by atoms with Gasteiger partial charge in [0.05, 0.1) is 11.1 Å². The number of nitrogens with one attached hydrogen (secondary N) is 1. The number of benzene rings is 2. The van der Waals surface area contributed by atoms with Crippen LogP contribution in [-0.4, -0.2) is 18.4 Å². The summed E-state index contributed by atoms with van der Waals surface area (Å²) in [5.41, 5.74) is 0.480. The largest absolute Gasteiger partial charge is 0.417 e. The number of rotatable bonds is 3. The van der Waals surface area contributed by atoms with E-state index < -0.39 is 23.2 Å². The molecule has 136 valence electrons. The summed E-state index contributed by atoms with van der Waals surface area (Å²) in [5.74, 6) is -0.786. The fraction of sp³-hybridized carbons (Fsp3) is 0.263. The van der Waals surface area contributed by atoms with Crippen LogP contribution < -0.4 is 10.2 Å². The highest BCUT2D eigenvalue weighted by molar-refractivity contribution is 6.05. The van der Waals surface area contributed by atoms with Crippen molar-refractivity contribution in [3.63, 3.8) is 0 Å². The molecule has 0 bridgehead atoms. The molecule has 2 aromatic rings.